The number of nitrogens with zero attached hydrogens (tertiary/aromatic N) is 4. The predicted molar refractivity (Wildman–Crippen MR) is 77.4 cm³/mol. The van der Waals surface area contributed by atoms with Gasteiger partial charge in [-0.05, 0) is 24.3 Å². The summed E-state index contributed by atoms with van der Waals surface area (Å²) in [4.78, 5) is 11.5. The van der Waals surface area contributed by atoms with Crippen molar-refractivity contribution >= 4 is 6.20 Å². The van der Waals surface area contributed by atoms with E-state index in [1.165, 1.54) is 16.9 Å². The molecule has 0 aliphatic carbocycles. The maximum atomic E-state index is 11.5. The van der Waals surface area contributed by atoms with Gasteiger partial charge in [-0.15, -0.1) is 0 Å². The van der Waals surface area contributed by atoms with Crippen molar-refractivity contribution in [2.75, 3.05) is 0 Å². The molecule has 1 aromatic carbocycles. The molecule has 5 heteroatoms. The number of aromatic nitrogens is 4. The van der Waals surface area contributed by atoms with Crippen LogP contribution in [-0.4, -0.2) is 19.6 Å². The molecule has 0 bridgehead atoms. The average molecular weight is 264 g/mol. The summed E-state index contributed by atoms with van der Waals surface area (Å²) in [5.41, 5.74) is 2.19. The van der Waals surface area contributed by atoms with Gasteiger partial charge in [-0.1, -0.05) is 24.8 Å². The van der Waals surface area contributed by atoms with Gasteiger partial charge < -0.3 is 0 Å². The lowest BCUT2D eigenvalue weighted by atomic mass is 10.2. The molecular weight excluding hydrogens is 252 g/mol. The van der Waals surface area contributed by atoms with Crippen LogP contribution in [0.15, 0.2) is 66.1 Å². The molecule has 0 aliphatic heterocycles. The molecule has 0 aliphatic rings. The van der Waals surface area contributed by atoms with Gasteiger partial charge in [-0.25, -0.2) is 9.36 Å². The second-order valence-corrected chi connectivity index (χ2v) is 4.15. The largest absolute Gasteiger partial charge is 0.270 e. The molecule has 0 N–H and O–H groups in total. The van der Waals surface area contributed by atoms with Crippen LogP contribution >= 0.6 is 0 Å². The molecule has 0 fully saturated rings. The minimum absolute atomic E-state index is 0.213. The SMILES string of the molecule is C=Cn1nc(-c2ccnn2-c2ccccc2)ccc1=O. The molecule has 20 heavy (non-hydrogen) atoms. The van der Waals surface area contributed by atoms with Crippen molar-refractivity contribution in [2.45, 2.75) is 0 Å². The number of para-hydroxylation sites is 1. The highest BCUT2D eigenvalue weighted by Gasteiger charge is 2.09. The number of rotatable bonds is 3. The van der Waals surface area contributed by atoms with Gasteiger partial charge in [0.25, 0.3) is 5.56 Å². The highest BCUT2D eigenvalue weighted by molar-refractivity contribution is 5.57. The monoisotopic (exact) mass is 264 g/mol. The Balaban J connectivity index is 2.15. The molecule has 0 radical (unpaired) electrons. The minimum atomic E-state index is -0.213. The van der Waals surface area contributed by atoms with Gasteiger partial charge in [0.1, 0.15) is 5.69 Å². The van der Waals surface area contributed by atoms with Crippen LogP contribution in [0.4, 0.5) is 0 Å². The zero-order chi connectivity index (χ0) is 13.9. The second-order valence-electron chi connectivity index (χ2n) is 4.15. The van der Waals surface area contributed by atoms with Crippen LogP contribution in [0, 0.1) is 0 Å². The van der Waals surface area contributed by atoms with Crippen molar-refractivity contribution in [1.82, 2.24) is 19.6 Å². The predicted octanol–water partition coefficient (Wildman–Crippen LogP) is 2.20. The van der Waals surface area contributed by atoms with Crippen molar-refractivity contribution in [3.05, 3.63) is 71.7 Å². The van der Waals surface area contributed by atoms with Crippen LogP contribution in [0.3, 0.4) is 0 Å². The van der Waals surface area contributed by atoms with Crippen molar-refractivity contribution in [1.29, 1.82) is 0 Å². The number of benzene rings is 1. The first-order valence-corrected chi connectivity index (χ1v) is 6.12. The van der Waals surface area contributed by atoms with Gasteiger partial charge in [0.2, 0.25) is 0 Å². The van der Waals surface area contributed by atoms with E-state index in [0.717, 1.165) is 11.4 Å². The fourth-order valence-electron chi connectivity index (χ4n) is 1.96. The molecule has 2 aromatic heterocycles. The topological polar surface area (TPSA) is 52.7 Å². The molecule has 0 unspecified atom stereocenters. The summed E-state index contributed by atoms with van der Waals surface area (Å²) >= 11 is 0. The molecular formula is C15H12N4O. The van der Waals surface area contributed by atoms with E-state index in [-0.39, 0.29) is 5.56 Å². The fraction of sp³-hybridized carbons (Fsp3) is 0. The van der Waals surface area contributed by atoms with Gasteiger partial charge in [0, 0.05) is 12.3 Å². The van der Waals surface area contributed by atoms with E-state index < -0.39 is 0 Å². The van der Waals surface area contributed by atoms with E-state index in [4.69, 9.17) is 0 Å². The first-order valence-electron chi connectivity index (χ1n) is 6.12. The van der Waals surface area contributed by atoms with Gasteiger partial charge in [-0.3, -0.25) is 4.79 Å². The van der Waals surface area contributed by atoms with E-state index in [1.54, 1.807) is 16.9 Å². The van der Waals surface area contributed by atoms with Gasteiger partial charge >= 0.3 is 0 Å². The van der Waals surface area contributed by atoms with Crippen LogP contribution in [0.25, 0.3) is 23.3 Å². The van der Waals surface area contributed by atoms with Crippen LogP contribution in [0.5, 0.6) is 0 Å². The van der Waals surface area contributed by atoms with Crippen molar-refractivity contribution < 1.29 is 0 Å². The first-order chi connectivity index (χ1) is 9.79. The summed E-state index contributed by atoms with van der Waals surface area (Å²) in [5.74, 6) is 0. The molecule has 0 amide bonds. The zero-order valence-electron chi connectivity index (χ0n) is 10.7. The highest BCUT2D eigenvalue weighted by Crippen LogP contribution is 2.19. The summed E-state index contributed by atoms with van der Waals surface area (Å²) in [6.45, 7) is 3.57. The maximum Gasteiger partial charge on any atom is 0.270 e. The van der Waals surface area contributed by atoms with Crippen LogP contribution in [0.2, 0.25) is 0 Å². The molecule has 0 saturated carbocycles. The van der Waals surface area contributed by atoms with E-state index in [9.17, 15) is 4.79 Å². The van der Waals surface area contributed by atoms with Crippen molar-refractivity contribution in [3.63, 3.8) is 0 Å². The minimum Gasteiger partial charge on any atom is -0.267 e. The summed E-state index contributed by atoms with van der Waals surface area (Å²) in [5, 5.41) is 8.55. The number of hydrogen-bond acceptors (Lipinski definition) is 3. The van der Waals surface area contributed by atoms with Gasteiger partial charge in [-0.2, -0.15) is 10.2 Å². The van der Waals surface area contributed by atoms with E-state index in [0.29, 0.717) is 5.69 Å². The summed E-state index contributed by atoms with van der Waals surface area (Å²) in [6.07, 6.45) is 3.09. The third kappa shape index (κ3) is 2.05. The summed E-state index contributed by atoms with van der Waals surface area (Å²) < 4.78 is 2.98. The Morgan fingerprint density at radius 1 is 1.05 bits per heavy atom. The lowest BCUT2D eigenvalue weighted by Crippen LogP contribution is -2.17. The molecule has 5 nitrogen and oxygen atoms in total. The average Bonchev–Trinajstić information content (AvgIpc) is 2.98. The lowest BCUT2D eigenvalue weighted by molar-refractivity contribution is 0.836. The lowest BCUT2D eigenvalue weighted by Gasteiger charge is -2.07. The molecule has 2 heterocycles. The Bertz CT molecular complexity index is 802. The smallest absolute Gasteiger partial charge is 0.267 e. The van der Waals surface area contributed by atoms with Crippen LogP contribution in [-0.2, 0) is 0 Å². The van der Waals surface area contributed by atoms with E-state index in [2.05, 4.69) is 16.8 Å². The zero-order valence-corrected chi connectivity index (χ0v) is 10.7. The third-order valence-electron chi connectivity index (χ3n) is 2.90. The molecule has 98 valence electrons. The molecule has 3 rings (SSSR count). The quantitative estimate of drug-likeness (QED) is 0.728. The van der Waals surface area contributed by atoms with Crippen molar-refractivity contribution in [2.24, 2.45) is 0 Å². The Hall–Kier alpha value is -2.95. The highest BCUT2D eigenvalue weighted by atomic mass is 16.1. The Kier molecular flexibility index (Phi) is 3.01. The Morgan fingerprint density at radius 2 is 1.85 bits per heavy atom. The van der Waals surface area contributed by atoms with E-state index in [1.807, 2.05) is 36.4 Å². The molecule has 0 atom stereocenters. The van der Waals surface area contributed by atoms with Crippen LogP contribution < -0.4 is 5.56 Å². The summed E-state index contributed by atoms with van der Waals surface area (Å²) in [7, 11) is 0. The van der Waals surface area contributed by atoms with Crippen molar-refractivity contribution in [3.8, 4) is 17.1 Å². The standard InChI is InChI=1S/C15H12N4O/c1-2-18-15(20)9-8-13(17-18)14-10-11-16-19(14)12-6-4-3-5-7-12/h2-11H,1H2. The number of hydrogen-bond donors (Lipinski definition) is 0. The summed E-state index contributed by atoms with van der Waals surface area (Å²) in [6, 6.07) is 14.7. The molecule has 3 aromatic rings. The second kappa shape index (κ2) is 4.97. The fourth-order valence-corrected chi connectivity index (χ4v) is 1.96. The molecule has 0 spiro atoms. The Morgan fingerprint density at radius 3 is 2.60 bits per heavy atom. The first kappa shape index (κ1) is 12.1. The van der Waals surface area contributed by atoms with E-state index >= 15 is 0 Å². The third-order valence-corrected chi connectivity index (χ3v) is 2.90. The molecule has 0 saturated heterocycles. The maximum absolute atomic E-state index is 11.5. The van der Waals surface area contributed by atoms with Gasteiger partial charge in [0.15, 0.2) is 0 Å². The normalized spacial score (nSPS) is 10.4. The van der Waals surface area contributed by atoms with Gasteiger partial charge in [0.05, 0.1) is 17.6 Å². The van der Waals surface area contributed by atoms with Crippen LogP contribution in [0.1, 0.15) is 0 Å². The Labute approximate surface area is 115 Å².